The van der Waals surface area contributed by atoms with E-state index in [1.54, 1.807) is 24.0 Å². The van der Waals surface area contributed by atoms with Crippen LogP contribution < -0.4 is 0 Å². The molecule has 0 fully saturated rings. The summed E-state index contributed by atoms with van der Waals surface area (Å²) in [5.74, 6) is 0.0892. The SMILES string of the molecule is Cc1ccccc1/C=C/c1ccc(CC(=O)c2ccnn2C)c(C)c1. The van der Waals surface area contributed by atoms with Crippen molar-refractivity contribution in [2.75, 3.05) is 0 Å². The minimum Gasteiger partial charge on any atom is -0.292 e. The number of benzene rings is 2. The third-order valence-electron chi connectivity index (χ3n) is 4.47. The van der Waals surface area contributed by atoms with Gasteiger partial charge in [0.05, 0.1) is 0 Å². The van der Waals surface area contributed by atoms with Crippen molar-refractivity contribution in [2.45, 2.75) is 20.3 Å². The summed E-state index contributed by atoms with van der Waals surface area (Å²) in [6.45, 7) is 4.16. The first kappa shape index (κ1) is 16.9. The Labute approximate surface area is 148 Å². The standard InChI is InChI=1S/C22H22N2O/c1-16-6-4-5-7-19(16)10-8-18-9-11-20(17(2)14-18)15-22(25)21-12-13-23-24(21)3/h4-14H,15H2,1-3H3/b10-8+. The smallest absolute Gasteiger partial charge is 0.185 e. The molecule has 3 nitrogen and oxygen atoms in total. The topological polar surface area (TPSA) is 34.9 Å². The van der Waals surface area contributed by atoms with Gasteiger partial charge in [0.2, 0.25) is 0 Å². The molecule has 0 radical (unpaired) electrons. The molecule has 0 bridgehead atoms. The van der Waals surface area contributed by atoms with E-state index in [9.17, 15) is 4.79 Å². The van der Waals surface area contributed by atoms with Gasteiger partial charge >= 0.3 is 0 Å². The zero-order chi connectivity index (χ0) is 17.8. The predicted molar refractivity (Wildman–Crippen MR) is 103 cm³/mol. The van der Waals surface area contributed by atoms with E-state index >= 15 is 0 Å². The van der Waals surface area contributed by atoms with E-state index in [1.165, 1.54) is 11.1 Å². The summed E-state index contributed by atoms with van der Waals surface area (Å²) in [5, 5.41) is 4.06. The fourth-order valence-corrected chi connectivity index (χ4v) is 2.89. The molecule has 3 heteroatoms. The summed E-state index contributed by atoms with van der Waals surface area (Å²) < 4.78 is 1.62. The van der Waals surface area contributed by atoms with Crippen LogP contribution in [0, 0.1) is 13.8 Å². The lowest BCUT2D eigenvalue weighted by molar-refractivity contribution is 0.0984. The summed E-state index contributed by atoms with van der Waals surface area (Å²) in [5.41, 5.74) is 6.44. The van der Waals surface area contributed by atoms with Crippen LogP contribution in [0.4, 0.5) is 0 Å². The van der Waals surface area contributed by atoms with Crippen LogP contribution >= 0.6 is 0 Å². The van der Waals surface area contributed by atoms with E-state index in [4.69, 9.17) is 0 Å². The number of nitrogens with zero attached hydrogens (tertiary/aromatic N) is 2. The van der Waals surface area contributed by atoms with E-state index in [0.717, 1.165) is 16.7 Å². The first-order valence-electron chi connectivity index (χ1n) is 8.39. The molecule has 3 rings (SSSR count). The van der Waals surface area contributed by atoms with Crippen LogP contribution in [-0.4, -0.2) is 15.6 Å². The van der Waals surface area contributed by atoms with Crippen LogP contribution in [0.2, 0.25) is 0 Å². The fraction of sp³-hybridized carbons (Fsp3) is 0.182. The molecule has 0 atom stereocenters. The van der Waals surface area contributed by atoms with Gasteiger partial charge in [-0.1, -0.05) is 54.6 Å². The van der Waals surface area contributed by atoms with Gasteiger partial charge in [0.25, 0.3) is 0 Å². The predicted octanol–water partition coefficient (Wildman–Crippen LogP) is 4.63. The minimum absolute atomic E-state index is 0.0892. The molecule has 0 aliphatic heterocycles. The number of ketones is 1. The zero-order valence-corrected chi connectivity index (χ0v) is 14.9. The summed E-state index contributed by atoms with van der Waals surface area (Å²) in [6, 6.07) is 16.3. The maximum Gasteiger partial charge on any atom is 0.185 e. The third kappa shape index (κ3) is 3.94. The van der Waals surface area contributed by atoms with Gasteiger partial charge in [-0.15, -0.1) is 0 Å². The van der Waals surface area contributed by atoms with Crippen LogP contribution in [0.1, 0.15) is 38.3 Å². The average molecular weight is 330 g/mol. The molecule has 0 amide bonds. The average Bonchev–Trinajstić information content (AvgIpc) is 3.02. The third-order valence-corrected chi connectivity index (χ3v) is 4.47. The second-order valence-electron chi connectivity index (χ2n) is 6.32. The Bertz CT molecular complexity index is 935. The van der Waals surface area contributed by atoms with E-state index in [1.807, 2.05) is 18.2 Å². The normalized spacial score (nSPS) is 11.2. The van der Waals surface area contributed by atoms with Gasteiger partial charge in [0, 0.05) is 19.7 Å². The van der Waals surface area contributed by atoms with Gasteiger partial charge in [-0.3, -0.25) is 9.48 Å². The highest BCUT2D eigenvalue weighted by Gasteiger charge is 2.12. The number of aromatic nitrogens is 2. The van der Waals surface area contributed by atoms with Crippen molar-refractivity contribution in [1.29, 1.82) is 0 Å². The molecule has 1 heterocycles. The number of hydrogen-bond donors (Lipinski definition) is 0. The fourth-order valence-electron chi connectivity index (χ4n) is 2.89. The number of carbonyl (C=O) groups is 1. The number of hydrogen-bond acceptors (Lipinski definition) is 2. The number of aryl methyl sites for hydroxylation is 3. The molecule has 3 aromatic rings. The molecule has 2 aromatic carbocycles. The van der Waals surface area contributed by atoms with E-state index < -0.39 is 0 Å². The molecule has 0 unspecified atom stereocenters. The van der Waals surface area contributed by atoms with Gasteiger partial charge in [-0.05, 0) is 47.7 Å². The maximum absolute atomic E-state index is 12.4. The van der Waals surface area contributed by atoms with E-state index in [0.29, 0.717) is 12.1 Å². The lowest BCUT2D eigenvalue weighted by atomic mass is 9.99. The van der Waals surface area contributed by atoms with Gasteiger partial charge < -0.3 is 0 Å². The largest absolute Gasteiger partial charge is 0.292 e. The zero-order valence-electron chi connectivity index (χ0n) is 14.9. The Balaban J connectivity index is 1.76. The quantitative estimate of drug-likeness (QED) is 0.505. The van der Waals surface area contributed by atoms with E-state index in [2.05, 4.69) is 55.4 Å². The molecule has 0 saturated carbocycles. The number of carbonyl (C=O) groups excluding carboxylic acids is 1. The first-order valence-corrected chi connectivity index (χ1v) is 8.39. The van der Waals surface area contributed by atoms with Crippen molar-refractivity contribution in [3.63, 3.8) is 0 Å². The van der Waals surface area contributed by atoms with Crippen molar-refractivity contribution in [3.05, 3.63) is 88.2 Å². The molecule has 25 heavy (non-hydrogen) atoms. The Morgan fingerprint density at radius 3 is 2.52 bits per heavy atom. The molecule has 0 aliphatic rings. The Morgan fingerprint density at radius 2 is 1.84 bits per heavy atom. The second kappa shape index (κ2) is 7.31. The highest BCUT2D eigenvalue weighted by molar-refractivity contribution is 5.96. The second-order valence-corrected chi connectivity index (χ2v) is 6.32. The molecule has 0 N–H and O–H groups in total. The molecule has 0 aliphatic carbocycles. The molecule has 1 aromatic heterocycles. The van der Waals surface area contributed by atoms with Crippen LogP contribution in [0.5, 0.6) is 0 Å². The highest BCUT2D eigenvalue weighted by Crippen LogP contribution is 2.17. The minimum atomic E-state index is 0.0892. The number of rotatable bonds is 5. The molecule has 126 valence electrons. The summed E-state index contributed by atoms with van der Waals surface area (Å²) in [4.78, 5) is 12.4. The van der Waals surface area contributed by atoms with Crippen LogP contribution in [0.25, 0.3) is 12.2 Å². The monoisotopic (exact) mass is 330 g/mol. The summed E-state index contributed by atoms with van der Waals surface area (Å²) in [6.07, 6.45) is 6.29. The van der Waals surface area contributed by atoms with Crippen molar-refractivity contribution in [2.24, 2.45) is 7.05 Å². The van der Waals surface area contributed by atoms with Crippen molar-refractivity contribution in [3.8, 4) is 0 Å². The van der Waals surface area contributed by atoms with Crippen molar-refractivity contribution >= 4 is 17.9 Å². The van der Waals surface area contributed by atoms with Crippen molar-refractivity contribution in [1.82, 2.24) is 9.78 Å². The summed E-state index contributed by atoms with van der Waals surface area (Å²) in [7, 11) is 1.79. The molecule has 0 spiro atoms. The summed E-state index contributed by atoms with van der Waals surface area (Å²) >= 11 is 0. The molecule has 0 saturated heterocycles. The van der Waals surface area contributed by atoms with Crippen LogP contribution in [0.3, 0.4) is 0 Å². The van der Waals surface area contributed by atoms with Gasteiger partial charge in [-0.25, -0.2) is 0 Å². The van der Waals surface area contributed by atoms with Gasteiger partial charge in [-0.2, -0.15) is 5.10 Å². The van der Waals surface area contributed by atoms with Gasteiger partial charge in [0.15, 0.2) is 5.78 Å². The van der Waals surface area contributed by atoms with Crippen molar-refractivity contribution < 1.29 is 4.79 Å². The Hall–Kier alpha value is -2.94. The molecular weight excluding hydrogens is 308 g/mol. The molecular formula is C22H22N2O. The van der Waals surface area contributed by atoms with Crippen LogP contribution in [-0.2, 0) is 13.5 Å². The van der Waals surface area contributed by atoms with Crippen LogP contribution in [0.15, 0.2) is 54.7 Å². The van der Waals surface area contributed by atoms with Gasteiger partial charge in [0.1, 0.15) is 5.69 Å². The lowest BCUT2D eigenvalue weighted by Crippen LogP contribution is -2.10. The lowest BCUT2D eigenvalue weighted by Gasteiger charge is -2.07. The Morgan fingerprint density at radius 1 is 1.04 bits per heavy atom. The number of Topliss-reactive ketones (excluding diaryl/α,β-unsaturated/α-hetero) is 1. The highest BCUT2D eigenvalue weighted by atomic mass is 16.1. The first-order chi connectivity index (χ1) is 12.0. The maximum atomic E-state index is 12.4. The van der Waals surface area contributed by atoms with E-state index in [-0.39, 0.29) is 5.78 Å². The Kier molecular flexibility index (Phi) is 4.94.